The molecule has 0 aliphatic carbocycles. The predicted molar refractivity (Wildman–Crippen MR) is 181 cm³/mol. The third-order valence-electron chi connectivity index (χ3n) is 8.02. The van der Waals surface area contributed by atoms with Crippen molar-refractivity contribution in [3.05, 3.63) is 125 Å². The van der Waals surface area contributed by atoms with Gasteiger partial charge in [0.2, 0.25) is 5.16 Å². The van der Waals surface area contributed by atoms with Crippen molar-refractivity contribution in [3.63, 3.8) is 0 Å². The van der Waals surface area contributed by atoms with Crippen LogP contribution in [0.3, 0.4) is 0 Å². The van der Waals surface area contributed by atoms with Crippen molar-refractivity contribution >= 4 is 29.3 Å². The van der Waals surface area contributed by atoms with E-state index in [1.165, 1.54) is 25.6 Å². The summed E-state index contributed by atoms with van der Waals surface area (Å²) in [5.74, 6) is -0.689. The Morgan fingerprint density at radius 1 is 0.939 bits per heavy atom. The highest BCUT2D eigenvalue weighted by molar-refractivity contribution is 7.99. The van der Waals surface area contributed by atoms with Crippen LogP contribution in [0.1, 0.15) is 54.4 Å². The molecule has 13 heteroatoms. The topological polar surface area (TPSA) is 158 Å². The van der Waals surface area contributed by atoms with Crippen molar-refractivity contribution in [3.8, 4) is 11.4 Å². The molecule has 1 aliphatic heterocycles. The first-order chi connectivity index (χ1) is 23.8. The molecule has 0 radical (unpaired) electrons. The van der Waals surface area contributed by atoms with Crippen LogP contribution in [0.4, 0.5) is 5.69 Å². The summed E-state index contributed by atoms with van der Waals surface area (Å²) in [6.07, 6.45) is -2.68. The van der Waals surface area contributed by atoms with Gasteiger partial charge in [-0.05, 0) is 70.4 Å². The SMILES string of the molecule is CC(=O)O[C@@H](C)C(=O)Nc1cccc(C2O[C@H](CSc3nnnn3-c3ccc(O)cc3)[C@@H](c3ccccc3)[C@H](c3ccc(CO)cc3)O2)c1. The van der Waals surface area contributed by atoms with E-state index < -0.39 is 36.5 Å². The van der Waals surface area contributed by atoms with E-state index in [2.05, 4.69) is 20.8 Å². The summed E-state index contributed by atoms with van der Waals surface area (Å²) in [6, 6.07) is 31.4. The third kappa shape index (κ3) is 8.15. The first kappa shape index (κ1) is 33.8. The quantitative estimate of drug-likeness (QED) is 0.120. The maximum atomic E-state index is 12.7. The number of carbonyl (C=O) groups is 2. The first-order valence-corrected chi connectivity index (χ1v) is 16.6. The number of amides is 1. The fourth-order valence-electron chi connectivity index (χ4n) is 5.64. The van der Waals surface area contributed by atoms with Crippen LogP contribution in [0.2, 0.25) is 0 Å². The number of phenols is 1. The number of hydrogen-bond acceptors (Lipinski definition) is 11. The standard InChI is InChI=1S/C36H35N5O7S/c1-22(46-23(2)43)34(45)37-28-10-6-9-27(19-28)35-47-31(21-49-36-38-39-40-41(36)29-15-17-30(44)18-16-29)32(25-7-4-3-5-8-25)33(48-35)26-13-11-24(20-42)12-14-26/h3-19,22,31-33,35,42,44H,20-21H2,1-2H3,(H,37,45)/t22-,31+,32+,33-,35?/m0/s1. The summed E-state index contributed by atoms with van der Waals surface area (Å²) in [5.41, 5.74) is 4.55. The van der Waals surface area contributed by atoms with Gasteiger partial charge in [-0.2, -0.15) is 4.68 Å². The minimum absolute atomic E-state index is 0.0801. The van der Waals surface area contributed by atoms with Gasteiger partial charge in [-0.3, -0.25) is 9.59 Å². The Morgan fingerprint density at radius 3 is 2.39 bits per heavy atom. The molecule has 3 N–H and O–H groups in total. The zero-order valence-electron chi connectivity index (χ0n) is 26.7. The van der Waals surface area contributed by atoms with Gasteiger partial charge in [-0.1, -0.05) is 78.5 Å². The zero-order chi connectivity index (χ0) is 34.3. The number of rotatable bonds is 11. The molecule has 12 nitrogen and oxygen atoms in total. The van der Waals surface area contributed by atoms with E-state index in [9.17, 15) is 19.8 Å². The maximum Gasteiger partial charge on any atom is 0.303 e. The van der Waals surface area contributed by atoms with Crippen LogP contribution < -0.4 is 5.32 Å². The number of thioether (sulfide) groups is 1. The van der Waals surface area contributed by atoms with Crippen LogP contribution >= 0.6 is 11.8 Å². The molecular formula is C36H35N5O7S. The lowest BCUT2D eigenvalue weighted by Gasteiger charge is -2.43. The lowest BCUT2D eigenvalue weighted by atomic mass is 9.84. The molecule has 1 amide bonds. The largest absolute Gasteiger partial charge is 0.508 e. The minimum Gasteiger partial charge on any atom is -0.508 e. The van der Waals surface area contributed by atoms with E-state index >= 15 is 0 Å². The number of aliphatic hydroxyl groups excluding tert-OH is 1. The molecule has 1 aliphatic rings. The molecule has 0 spiro atoms. The smallest absolute Gasteiger partial charge is 0.303 e. The lowest BCUT2D eigenvalue weighted by molar-refractivity contribution is -0.255. The molecule has 5 aromatic rings. The minimum atomic E-state index is -0.972. The van der Waals surface area contributed by atoms with Crippen molar-refractivity contribution in [2.45, 2.75) is 56.1 Å². The fraction of sp³-hybridized carbons (Fsp3) is 0.250. The van der Waals surface area contributed by atoms with Crippen LogP contribution in [0.15, 0.2) is 108 Å². The van der Waals surface area contributed by atoms with Gasteiger partial charge in [0.1, 0.15) is 5.75 Å². The molecule has 2 heterocycles. The van der Waals surface area contributed by atoms with Gasteiger partial charge in [0.15, 0.2) is 12.4 Å². The highest BCUT2D eigenvalue weighted by Gasteiger charge is 2.42. The molecule has 252 valence electrons. The Bertz CT molecular complexity index is 1870. The van der Waals surface area contributed by atoms with Crippen LogP contribution in [-0.4, -0.2) is 60.3 Å². The number of hydrogen-bond donors (Lipinski definition) is 3. The number of aromatic nitrogens is 4. The van der Waals surface area contributed by atoms with Crippen molar-refractivity contribution in [1.82, 2.24) is 20.2 Å². The second kappa shape index (κ2) is 15.4. The molecule has 6 rings (SSSR count). The molecule has 0 saturated carbocycles. The van der Waals surface area contributed by atoms with Crippen molar-refractivity contribution in [2.75, 3.05) is 11.1 Å². The second-order valence-corrected chi connectivity index (χ2v) is 12.5. The highest BCUT2D eigenvalue weighted by atomic mass is 32.2. The molecule has 1 fully saturated rings. The predicted octanol–water partition coefficient (Wildman–Crippen LogP) is 5.48. The number of aromatic hydroxyl groups is 1. The number of tetrazole rings is 1. The summed E-state index contributed by atoms with van der Waals surface area (Å²) in [4.78, 5) is 24.1. The Labute approximate surface area is 287 Å². The molecule has 4 aromatic carbocycles. The summed E-state index contributed by atoms with van der Waals surface area (Å²) in [5, 5.41) is 35.1. The number of aliphatic hydroxyl groups is 1. The summed E-state index contributed by atoms with van der Waals surface area (Å²) >= 11 is 1.43. The first-order valence-electron chi connectivity index (χ1n) is 15.6. The third-order valence-corrected chi connectivity index (χ3v) is 9.03. The van der Waals surface area contributed by atoms with Crippen LogP contribution in [0.25, 0.3) is 5.69 Å². The number of carbonyl (C=O) groups excluding carboxylic acids is 2. The van der Waals surface area contributed by atoms with Gasteiger partial charge in [0.05, 0.1) is 24.5 Å². The van der Waals surface area contributed by atoms with Crippen LogP contribution in [0, 0.1) is 0 Å². The monoisotopic (exact) mass is 681 g/mol. The Balaban J connectivity index is 1.34. The Morgan fingerprint density at radius 2 is 1.67 bits per heavy atom. The molecule has 1 unspecified atom stereocenters. The van der Waals surface area contributed by atoms with Crippen LogP contribution in [-0.2, 0) is 30.4 Å². The van der Waals surface area contributed by atoms with Crippen LogP contribution in [0.5, 0.6) is 5.75 Å². The Hall–Kier alpha value is -5.08. The average Bonchev–Trinajstić information content (AvgIpc) is 3.59. The van der Waals surface area contributed by atoms with Crippen molar-refractivity contribution in [2.24, 2.45) is 0 Å². The number of esters is 1. The maximum absolute atomic E-state index is 12.7. The van der Waals surface area contributed by atoms with Gasteiger partial charge in [-0.15, -0.1) is 5.10 Å². The number of nitrogens with one attached hydrogen (secondary N) is 1. The summed E-state index contributed by atoms with van der Waals surface area (Å²) in [7, 11) is 0. The molecule has 1 aromatic heterocycles. The lowest BCUT2D eigenvalue weighted by Crippen LogP contribution is -2.38. The zero-order valence-corrected chi connectivity index (χ0v) is 27.6. The summed E-state index contributed by atoms with van der Waals surface area (Å²) < 4.78 is 20.2. The molecule has 0 bridgehead atoms. The number of phenolic OH excluding ortho intramolecular Hbond substituents is 1. The van der Waals surface area contributed by atoms with Gasteiger partial charge in [-0.25, -0.2) is 0 Å². The average molecular weight is 682 g/mol. The van der Waals surface area contributed by atoms with E-state index in [0.717, 1.165) is 16.7 Å². The highest BCUT2D eigenvalue weighted by Crippen LogP contribution is 2.48. The molecule has 49 heavy (non-hydrogen) atoms. The normalized spacial score (nSPS) is 19.6. The molecule has 1 saturated heterocycles. The molecule has 5 atom stereocenters. The van der Waals surface area contributed by atoms with E-state index in [1.54, 1.807) is 47.1 Å². The van der Waals surface area contributed by atoms with E-state index in [-0.39, 0.29) is 18.3 Å². The van der Waals surface area contributed by atoms with Gasteiger partial charge in [0, 0.05) is 29.8 Å². The van der Waals surface area contributed by atoms with Crippen molar-refractivity contribution < 1.29 is 34.0 Å². The second-order valence-electron chi connectivity index (χ2n) is 11.5. The molecular weight excluding hydrogens is 646 g/mol. The Kier molecular flexibility index (Phi) is 10.6. The number of anilines is 1. The summed E-state index contributed by atoms with van der Waals surface area (Å²) in [6.45, 7) is 2.68. The van der Waals surface area contributed by atoms with Gasteiger partial charge in [0.25, 0.3) is 5.91 Å². The van der Waals surface area contributed by atoms with Gasteiger partial charge >= 0.3 is 5.97 Å². The van der Waals surface area contributed by atoms with Gasteiger partial charge < -0.3 is 29.7 Å². The van der Waals surface area contributed by atoms with Crippen molar-refractivity contribution in [1.29, 1.82) is 0 Å². The van der Waals surface area contributed by atoms with E-state index in [1.807, 2.05) is 60.7 Å². The van der Waals surface area contributed by atoms with E-state index in [4.69, 9.17) is 14.2 Å². The van der Waals surface area contributed by atoms with E-state index in [0.29, 0.717) is 27.8 Å². The number of nitrogens with zero attached hydrogens (tertiary/aromatic N) is 4. The number of ether oxygens (including phenoxy) is 3. The number of benzene rings is 4. The fourth-order valence-corrected chi connectivity index (χ4v) is 6.60.